The Morgan fingerprint density at radius 3 is 1.26 bits per heavy atom. The molecule has 286 valence electrons. The number of nitrogens with zero attached hydrogens (tertiary/aromatic N) is 3. The van der Waals surface area contributed by atoms with Crippen LogP contribution in [0.1, 0.15) is 0 Å². The second kappa shape index (κ2) is 15.5. The van der Waals surface area contributed by atoms with E-state index < -0.39 is 0 Å². The summed E-state index contributed by atoms with van der Waals surface area (Å²) in [7, 11) is 0. The Bertz CT molecular complexity index is 3360. The van der Waals surface area contributed by atoms with Crippen LogP contribution in [0.4, 0.5) is 0 Å². The number of hydrogen-bond acceptors (Lipinski definition) is 4. The molecule has 0 fully saturated rings. The van der Waals surface area contributed by atoms with Gasteiger partial charge in [-0.1, -0.05) is 206 Å². The van der Waals surface area contributed by atoms with Crippen molar-refractivity contribution < 1.29 is 4.42 Å². The minimum absolute atomic E-state index is 0.717. The van der Waals surface area contributed by atoms with Gasteiger partial charge in [0.1, 0.15) is 22.6 Å². The molecule has 0 amide bonds. The van der Waals surface area contributed by atoms with Crippen LogP contribution in [0.25, 0.3) is 111 Å². The molecule has 0 spiro atoms. The van der Waals surface area contributed by atoms with Gasteiger partial charge in [0.05, 0.1) is 0 Å². The van der Waals surface area contributed by atoms with Crippen molar-refractivity contribution in [2.75, 3.05) is 0 Å². The highest BCUT2D eigenvalue weighted by Gasteiger charge is 2.28. The summed E-state index contributed by atoms with van der Waals surface area (Å²) in [6, 6.07) is 78.6. The molecule has 0 atom stereocenters. The lowest BCUT2D eigenvalue weighted by atomic mass is 9.83. The number of hydrogen-bond donors (Lipinski definition) is 0. The van der Waals surface area contributed by atoms with Crippen LogP contribution in [-0.2, 0) is 0 Å². The third-order valence-electron chi connectivity index (χ3n) is 11.6. The Hall–Kier alpha value is -8.21. The molecule has 0 bridgehead atoms. The smallest absolute Gasteiger partial charge is 0.136 e. The summed E-state index contributed by atoms with van der Waals surface area (Å²) >= 11 is 0. The highest BCUT2D eigenvalue weighted by Crippen LogP contribution is 2.51. The van der Waals surface area contributed by atoms with Crippen LogP contribution < -0.4 is 0 Å². The second-order valence-electron chi connectivity index (χ2n) is 15.1. The zero-order chi connectivity index (χ0) is 40.5. The molecule has 4 nitrogen and oxygen atoms in total. The van der Waals surface area contributed by atoms with Gasteiger partial charge < -0.3 is 4.42 Å². The maximum absolute atomic E-state index is 6.66. The van der Waals surface area contributed by atoms with E-state index in [0.717, 1.165) is 111 Å². The largest absolute Gasteiger partial charge is 0.456 e. The molecule has 0 aliphatic heterocycles. The normalized spacial score (nSPS) is 11.3. The van der Waals surface area contributed by atoms with Crippen LogP contribution >= 0.6 is 0 Å². The highest BCUT2D eigenvalue weighted by molar-refractivity contribution is 6.18. The van der Waals surface area contributed by atoms with E-state index in [-0.39, 0.29) is 0 Å². The first kappa shape index (κ1) is 35.9. The molecule has 11 rings (SSSR count). The Labute approximate surface area is 354 Å². The first-order valence-corrected chi connectivity index (χ1v) is 20.5. The van der Waals surface area contributed by atoms with E-state index in [2.05, 4.69) is 211 Å². The van der Waals surface area contributed by atoms with E-state index in [1.54, 1.807) is 0 Å². The van der Waals surface area contributed by atoms with Crippen molar-refractivity contribution in [3.05, 3.63) is 224 Å². The molecule has 61 heavy (non-hydrogen) atoms. The molecule has 2 aromatic heterocycles. The summed E-state index contributed by atoms with van der Waals surface area (Å²) in [6.07, 6.45) is 0. The van der Waals surface area contributed by atoms with E-state index in [0.29, 0.717) is 0 Å². The topological polar surface area (TPSA) is 51.8 Å². The first-order valence-electron chi connectivity index (χ1n) is 20.5. The lowest BCUT2D eigenvalue weighted by molar-refractivity contribution is 0.669. The van der Waals surface area contributed by atoms with Gasteiger partial charge in [-0.05, 0) is 84.6 Å². The molecular weight excluding hydrogens is 743 g/mol. The second-order valence-corrected chi connectivity index (χ2v) is 15.1. The predicted octanol–water partition coefficient (Wildman–Crippen LogP) is 15.1. The van der Waals surface area contributed by atoms with Crippen molar-refractivity contribution >= 4 is 21.9 Å². The highest BCUT2D eigenvalue weighted by atomic mass is 16.3. The number of benzene rings is 9. The number of furan rings is 1. The van der Waals surface area contributed by atoms with Crippen LogP contribution in [0.2, 0.25) is 0 Å². The molecule has 4 heteroatoms. The van der Waals surface area contributed by atoms with Gasteiger partial charge >= 0.3 is 0 Å². The van der Waals surface area contributed by atoms with Gasteiger partial charge in [-0.15, -0.1) is 10.2 Å². The lowest BCUT2D eigenvalue weighted by Gasteiger charge is -2.21. The standard InChI is InChI=1S/C57H37N3O/c1-4-20-38(21-5-1)41-26-10-13-29-44(41)45-30-14-15-31-46(45)48-36-37-52-53(50-34-18-19-35-51(50)61-52)54(48)57-55(47-32-16-11-27-42(47)39-22-6-2-7-23-39)56(58-60-59-57)49-33-17-12-28-43(49)40-24-8-3-9-25-40/h1-37H. The van der Waals surface area contributed by atoms with Gasteiger partial charge in [-0.3, -0.25) is 0 Å². The summed E-state index contributed by atoms with van der Waals surface area (Å²) in [4.78, 5) is 0. The molecule has 9 aromatic carbocycles. The van der Waals surface area contributed by atoms with E-state index in [1.807, 2.05) is 18.2 Å². The van der Waals surface area contributed by atoms with Gasteiger partial charge in [0.25, 0.3) is 0 Å². The van der Waals surface area contributed by atoms with Crippen molar-refractivity contribution in [1.29, 1.82) is 0 Å². The Morgan fingerprint density at radius 2 is 0.672 bits per heavy atom. The van der Waals surface area contributed by atoms with Crippen LogP contribution in [0, 0.1) is 0 Å². The third-order valence-corrected chi connectivity index (χ3v) is 11.6. The van der Waals surface area contributed by atoms with Gasteiger partial charge in [-0.2, -0.15) is 0 Å². The van der Waals surface area contributed by atoms with Crippen molar-refractivity contribution in [1.82, 2.24) is 15.4 Å². The Kier molecular flexibility index (Phi) is 9.14. The number of para-hydroxylation sites is 1. The SMILES string of the molecule is c1ccc(-c2ccccc2-c2ccccc2-c2ccc3oc4ccccc4c3c2-c2nnnc(-c3ccccc3-c3ccccc3)c2-c2ccccc2-c2ccccc2)cc1. The van der Waals surface area contributed by atoms with Gasteiger partial charge in [0.15, 0.2) is 0 Å². The van der Waals surface area contributed by atoms with Crippen LogP contribution in [-0.4, -0.2) is 15.4 Å². The van der Waals surface area contributed by atoms with Crippen molar-refractivity contribution in [2.24, 2.45) is 0 Å². The molecule has 0 radical (unpaired) electrons. The van der Waals surface area contributed by atoms with E-state index in [9.17, 15) is 0 Å². The molecule has 0 unspecified atom stereocenters. The van der Waals surface area contributed by atoms with Gasteiger partial charge in [0, 0.05) is 27.5 Å². The lowest BCUT2D eigenvalue weighted by Crippen LogP contribution is -2.03. The minimum atomic E-state index is 0.717. The molecule has 11 aromatic rings. The molecule has 0 saturated heterocycles. The summed E-state index contributed by atoms with van der Waals surface area (Å²) in [5.41, 5.74) is 17.8. The fraction of sp³-hybridized carbons (Fsp3) is 0. The zero-order valence-electron chi connectivity index (χ0n) is 33.1. The predicted molar refractivity (Wildman–Crippen MR) is 251 cm³/mol. The molecular formula is C57H37N3O. The third kappa shape index (κ3) is 6.39. The van der Waals surface area contributed by atoms with Crippen LogP contribution in [0.15, 0.2) is 229 Å². The summed E-state index contributed by atoms with van der Waals surface area (Å²) < 4.78 is 6.66. The quantitative estimate of drug-likeness (QED) is 0.154. The van der Waals surface area contributed by atoms with Crippen LogP contribution in [0.5, 0.6) is 0 Å². The van der Waals surface area contributed by atoms with Crippen LogP contribution in [0.3, 0.4) is 0 Å². The Balaban J connectivity index is 1.28. The molecule has 0 N–H and O–H groups in total. The van der Waals surface area contributed by atoms with E-state index >= 15 is 0 Å². The molecule has 0 saturated carbocycles. The van der Waals surface area contributed by atoms with E-state index in [1.165, 1.54) is 0 Å². The monoisotopic (exact) mass is 779 g/mol. The van der Waals surface area contributed by atoms with E-state index in [4.69, 9.17) is 14.6 Å². The van der Waals surface area contributed by atoms with Crippen molar-refractivity contribution in [3.8, 4) is 89.3 Å². The maximum atomic E-state index is 6.66. The summed E-state index contributed by atoms with van der Waals surface area (Å²) in [5, 5.41) is 16.8. The fourth-order valence-electron chi connectivity index (χ4n) is 8.90. The number of fused-ring (bicyclic) bond motifs is 3. The maximum Gasteiger partial charge on any atom is 0.136 e. The molecule has 0 aliphatic rings. The van der Waals surface area contributed by atoms with Crippen molar-refractivity contribution in [3.63, 3.8) is 0 Å². The molecule has 0 aliphatic carbocycles. The fourth-order valence-corrected chi connectivity index (χ4v) is 8.90. The Morgan fingerprint density at radius 1 is 0.262 bits per heavy atom. The number of aromatic nitrogens is 3. The summed E-state index contributed by atoms with van der Waals surface area (Å²) in [5.74, 6) is 0. The van der Waals surface area contributed by atoms with Gasteiger partial charge in [0.2, 0.25) is 0 Å². The van der Waals surface area contributed by atoms with Gasteiger partial charge in [-0.25, -0.2) is 0 Å². The average molecular weight is 780 g/mol. The first-order chi connectivity index (χ1) is 30.3. The zero-order valence-corrected chi connectivity index (χ0v) is 33.1. The minimum Gasteiger partial charge on any atom is -0.456 e. The number of rotatable bonds is 8. The van der Waals surface area contributed by atoms with Crippen molar-refractivity contribution in [2.45, 2.75) is 0 Å². The summed E-state index contributed by atoms with van der Waals surface area (Å²) in [6.45, 7) is 0. The average Bonchev–Trinajstić information content (AvgIpc) is 3.73. The molecule has 2 heterocycles.